The molecule has 104 valence electrons. The average molecular weight is 264 g/mol. The summed E-state index contributed by atoms with van der Waals surface area (Å²) in [4.78, 5) is 23.6. The third-order valence-electron chi connectivity index (χ3n) is 3.22. The van der Waals surface area contributed by atoms with Gasteiger partial charge in [0.2, 0.25) is 5.91 Å². The maximum Gasteiger partial charge on any atom is 0.254 e. The number of carbonyl (C=O) groups is 2. The highest BCUT2D eigenvalue weighted by Gasteiger charge is 2.31. The molecule has 2 amide bonds. The van der Waals surface area contributed by atoms with E-state index in [4.69, 9.17) is 11.6 Å². The summed E-state index contributed by atoms with van der Waals surface area (Å²) in [6.45, 7) is 5.27. The second kappa shape index (κ2) is 5.71. The molecule has 6 nitrogen and oxygen atoms in total. The molecule has 0 aliphatic heterocycles. The van der Waals surface area contributed by atoms with Gasteiger partial charge in [0.1, 0.15) is 5.54 Å². The van der Waals surface area contributed by atoms with Gasteiger partial charge in [-0.15, -0.1) is 0 Å². The number of hydrogen-bond donors (Lipinski definition) is 4. The Morgan fingerprint density at radius 1 is 1.37 bits per heavy atom. The maximum absolute atomic E-state index is 12.2. The largest absolute Gasteiger partial charge is 0.368 e. The Balaban J connectivity index is 3.05. The molecule has 1 aromatic carbocycles. The highest BCUT2D eigenvalue weighted by molar-refractivity contribution is 6.02. The summed E-state index contributed by atoms with van der Waals surface area (Å²) >= 11 is 0. The van der Waals surface area contributed by atoms with Crippen LogP contribution in [0.1, 0.15) is 36.2 Å². The summed E-state index contributed by atoms with van der Waals surface area (Å²) in [6, 6.07) is 5.20. The van der Waals surface area contributed by atoms with Gasteiger partial charge in [-0.25, -0.2) is 0 Å². The van der Waals surface area contributed by atoms with E-state index >= 15 is 0 Å². The van der Waals surface area contributed by atoms with E-state index in [0.717, 1.165) is 5.56 Å². The number of primary amides is 1. The molecule has 1 rings (SSSR count). The first-order valence-electron chi connectivity index (χ1n) is 6.03. The van der Waals surface area contributed by atoms with Crippen molar-refractivity contribution in [1.29, 1.82) is 0 Å². The average Bonchev–Trinajstić information content (AvgIpc) is 2.37. The lowest BCUT2D eigenvalue weighted by Gasteiger charge is -2.26. The number of anilines is 1. The Bertz CT molecular complexity index is 501. The Hall–Kier alpha value is -2.08. The first kappa shape index (κ1) is 15.0. The standard InChI is InChI=1S/C13H20N4O2/c1-4-13(3,12(14)19)16-11(18)9-6-5-8(2)7-10(9)17-15/h5-7,17H,4,15H2,1-3H3,(H2,14,19)(H,16,18). The fourth-order valence-electron chi connectivity index (χ4n) is 1.62. The minimum atomic E-state index is -1.08. The third-order valence-corrected chi connectivity index (χ3v) is 3.22. The van der Waals surface area contributed by atoms with Crippen LogP contribution in [-0.2, 0) is 4.79 Å². The first-order valence-corrected chi connectivity index (χ1v) is 6.03. The minimum Gasteiger partial charge on any atom is -0.368 e. The van der Waals surface area contributed by atoms with Crippen molar-refractivity contribution in [3.63, 3.8) is 0 Å². The number of hydrogen-bond acceptors (Lipinski definition) is 4. The van der Waals surface area contributed by atoms with Gasteiger partial charge in [-0.05, 0) is 38.0 Å². The normalized spacial score (nSPS) is 13.5. The van der Waals surface area contributed by atoms with E-state index in [0.29, 0.717) is 17.7 Å². The van der Waals surface area contributed by atoms with E-state index in [1.807, 2.05) is 6.92 Å². The molecule has 0 bridgehead atoms. The van der Waals surface area contributed by atoms with Crippen molar-refractivity contribution in [2.45, 2.75) is 32.7 Å². The number of hydrazine groups is 1. The minimum absolute atomic E-state index is 0.369. The Kier molecular flexibility index (Phi) is 4.50. The smallest absolute Gasteiger partial charge is 0.254 e. The fraction of sp³-hybridized carbons (Fsp3) is 0.385. The molecule has 0 aliphatic rings. The first-order chi connectivity index (χ1) is 8.84. The van der Waals surface area contributed by atoms with E-state index in [1.165, 1.54) is 0 Å². The summed E-state index contributed by atoms with van der Waals surface area (Å²) in [5, 5.41) is 2.64. The van der Waals surface area contributed by atoms with Gasteiger partial charge in [0.15, 0.2) is 0 Å². The van der Waals surface area contributed by atoms with Gasteiger partial charge < -0.3 is 16.5 Å². The summed E-state index contributed by atoms with van der Waals surface area (Å²) in [6.07, 6.45) is 0.408. The zero-order valence-corrected chi connectivity index (χ0v) is 11.4. The van der Waals surface area contributed by atoms with Gasteiger partial charge in [-0.3, -0.25) is 15.4 Å². The van der Waals surface area contributed by atoms with E-state index in [-0.39, 0.29) is 0 Å². The van der Waals surface area contributed by atoms with Gasteiger partial charge in [0, 0.05) is 0 Å². The van der Waals surface area contributed by atoms with Crippen molar-refractivity contribution in [2.24, 2.45) is 11.6 Å². The molecule has 0 saturated heterocycles. The van der Waals surface area contributed by atoms with Crippen LogP contribution in [-0.4, -0.2) is 17.4 Å². The van der Waals surface area contributed by atoms with E-state index < -0.39 is 17.4 Å². The monoisotopic (exact) mass is 264 g/mol. The number of carbonyl (C=O) groups excluding carboxylic acids is 2. The van der Waals surface area contributed by atoms with Gasteiger partial charge in [0.05, 0.1) is 11.3 Å². The summed E-state index contributed by atoms with van der Waals surface area (Å²) in [7, 11) is 0. The molecule has 0 radical (unpaired) electrons. The molecular weight excluding hydrogens is 244 g/mol. The van der Waals surface area contributed by atoms with Crippen LogP contribution in [0.3, 0.4) is 0 Å². The van der Waals surface area contributed by atoms with Gasteiger partial charge >= 0.3 is 0 Å². The summed E-state index contributed by atoms with van der Waals surface area (Å²) < 4.78 is 0. The number of aryl methyl sites for hydroxylation is 1. The second-order valence-corrected chi connectivity index (χ2v) is 4.70. The van der Waals surface area contributed by atoms with Crippen LogP contribution in [0.4, 0.5) is 5.69 Å². The fourth-order valence-corrected chi connectivity index (χ4v) is 1.62. The van der Waals surface area contributed by atoms with E-state index in [1.54, 1.807) is 32.0 Å². The molecule has 19 heavy (non-hydrogen) atoms. The Labute approximate surface area is 112 Å². The topological polar surface area (TPSA) is 110 Å². The molecule has 1 aromatic rings. The Morgan fingerprint density at radius 2 is 2.00 bits per heavy atom. The molecule has 0 saturated carbocycles. The lowest BCUT2D eigenvalue weighted by Crippen LogP contribution is -2.55. The van der Waals surface area contributed by atoms with Crippen molar-refractivity contribution >= 4 is 17.5 Å². The second-order valence-electron chi connectivity index (χ2n) is 4.70. The SMILES string of the molecule is CCC(C)(NC(=O)c1ccc(C)cc1NN)C(N)=O. The molecule has 0 aromatic heterocycles. The highest BCUT2D eigenvalue weighted by atomic mass is 16.2. The number of nitrogen functional groups attached to an aromatic ring is 1. The number of nitrogens with two attached hydrogens (primary N) is 2. The van der Waals surface area contributed by atoms with Crippen LogP contribution in [0, 0.1) is 6.92 Å². The lowest BCUT2D eigenvalue weighted by atomic mass is 9.97. The maximum atomic E-state index is 12.2. The summed E-state index contributed by atoms with van der Waals surface area (Å²) in [5.74, 6) is 4.43. The highest BCUT2D eigenvalue weighted by Crippen LogP contribution is 2.18. The van der Waals surface area contributed by atoms with E-state index in [9.17, 15) is 9.59 Å². The molecule has 0 spiro atoms. The predicted octanol–water partition coefficient (Wildman–Crippen LogP) is 0.664. The molecular formula is C13H20N4O2. The van der Waals surface area contributed by atoms with Gasteiger partial charge in [-0.1, -0.05) is 13.0 Å². The molecule has 0 fully saturated rings. The van der Waals surface area contributed by atoms with Gasteiger partial charge in [-0.2, -0.15) is 0 Å². The van der Waals surface area contributed by atoms with Crippen molar-refractivity contribution < 1.29 is 9.59 Å². The zero-order valence-electron chi connectivity index (χ0n) is 11.4. The predicted molar refractivity (Wildman–Crippen MR) is 74.3 cm³/mol. The van der Waals surface area contributed by atoms with Crippen LogP contribution in [0.15, 0.2) is 18.2 Å². The number of amides is 2. The number of rotatable bonds is 5. The lowest BCUT2D eigenvalue weighted by molar-refractivity contribution is -0.123. The van der Waals surface area contributed by atoms with Crippen molar-refractivity contribution in [3.8, 4) is 0 Å². The molecule has 0 aliphatic carbocycles. The van der Waals surface area contributed by atoms with Crippen LogP contribution in [0.2, 0.25) is 0 Å². The zero-order chi connectivity index (χ0) is 14.6. The molecule has 6 N–H and O–H groups in total. The van der Waals surface area contributed by atoms with Crippen LogP contribution in [0.25, 0.3) is 0 Å². The van der Waals surface area contributed by atoms with Crippen LogP contribution in [0.5, 0.6) is 0 Å². The quantitative estimate of drug-likeness (QED) is 0.462. The Morgan fingerprint density at radius 3 is 2.47 bits per heavy atom. The van der Waals surface area contributed by atoms with Crippen molar-refractivity contribution in [1.82, 2.24) is 5.32 Å². The number of nitrogens with one attached hydrogen (secondary N) is 2. The van der Waals surface area contributed by atoms with Crippen molar-refractivity contribution in [2.75, 3.05) is 5.43 Å². The number of benzene rings is 1. The molecule has 0 heterocycles. The molecule has 1 atom stereocenters. The van der Waals surface area contributed by atoms with Crippen molar-refractivity contribution in [3.05, 3.63) is 29.3 Å². The van der Waals surface area contributed by atoms with Gasteiger partial charge in [0.25, 0.3) is 5.91 Å². The van der Waals surface area contributed by atoms with E-state index in [2.05, 4.69) is 10.7 Å². The van der Waals surface area contributed by atoms with Crippen LogP contribution >= 0.6 is 0 Å². The third kappa shape index (κ3) is 3.23. The molecule has 1 unspecified atom stereocenters. The molecule has 6 heteroatoms. The van der Waals surface area contributed by atoms with Crippen LogP contribution < -0.4 is 22.3 Å². The summed E-state index contributed by atoms with van der Waals surface area (Å²) in [5.41, 5.74) is 8.55.